The van der Waals surface area contributed by atoms with Gasteiger partial charge in [-0.3, -0.25) is 9.59 Å². The molecular formula is C16H19NO2. The van der Waals surface area contributed by atoms with Crippen LogP contribution in [0.15, 0.2) is 24.3 Å². The van der Waals surface area contributed by atoms with Gasteiger partial charge in [-0.1, -0.05) is 37.8 Å². The third-order valence-corrected chi connectivity index (χ3v) is 2.55. The Kier molecular flexibility index (Phi) is 5.81. The maximum Gasteiger partial charge on any atom is 0.216 e. The summed E-state index contributed by atoms with van der Waals surface area (Å²) in [4.78, 5) is 22.4. The van der Waals surface area contributed by atoms with E-state index in [1.807, 2.05) is 26.0 Å². The highest BCUT2D eigenvalue weighted by Crippen LogP contribution is 2.09. The fraction of sp³-hybridized carbons (Fsp3) is 0.375. The maximum atomic E-state index is 11.7. The second-order valence-corrected chi connectivity index (χ2v) is 4.63. The van der Waals surface area contributed by atoms with Crippen molar-refractivity contribution in [1.29, 1.82) is 0 Å². The van der Waals surface area contributed by atoms with Gasteiger partial charge in [-0.05, 0) is 12.1 Å². The summed E-state index contributed by atoms with van der Waals surface area (Å²) < 4.78 is 0. The van der Waals surface area contributed by atoms with Crippen molar-refractivity contribution in [2.75, 3.05) is 6.54 Å². The zero-order valence-corrected chi connectivity index (χ0v) is 11.6. The van der Waals surface area contributed by atoms with Crippen LogP contribution in [0.3, 0.4) is 0 Å². The van der Waals surface area contributed by atoms with Crippen molar-refractivity contribution in [3.63, 3.8) is 0 Å². The first-order valence-electron chi connectivity index (χ1n) is 6.38. The van der Waals surface area contributed by atoms with Crippen molar-refractivity contribution in [3.05, 3.63) is 35.4 Å². The summed E-state index contributed by atoms with van der Waals surface area (Å²) in [6.45, 7) is 5.82. The van der Waals surface area contributed by atoms with Crippen molar-refractivity contribution in [2.45, 2.75) is 27.2 Å². The molecule has 1 amide bonds. The third kappa shape index (κ3) is 5.39. The number of carbonyl (C=O) groups excluding carboxylic acids is 2. The Bertz CT molecular complexity index is 504. The van der Waals surface area contributed by atoms with Crippen LogP contribution in [0.4, 0.5) is 0 Å². The Morgan fingerprint density at radius 1 is 1.21 bits per heavy atom. The Hall–Kier alpha value is -2.08. The number of Topliss-reactive ketones (excluding diaryl/α,β-unsaturated/α-hetero) is 1. The standard InChI is InChI=1S/C16H19NO2/c1-12(2)16(19)15-9-7-14(8-10-15)6-4-5-11-17-13(3)18/h7-10,12H,5,11H2,1-3H3,(H,17,18). The first kappa shape index (κ1) is 15.0. The third-order valence-electron chi connectivity index (χ3n) is 2.55. The number of benzene rings is 1. The highest BCUT2D eigenvalue weighted by Gasteiger charge is 2.09. The zero-order chi connectivity index (χ0) is 14.3. The molecule has 0 unspecified atom stereocenters. The van der Waals surface area contributed by atoms with Gasteiger partial charge in [0.05, 0.1) is 0 Å². The van der Waals surface area contributed by atoms with Gasteiger partial charge < -0.3 is 5.32 Å². The number of nitrogens with one attached hydrogen (secondary N) is 1. The summed E-state index contributed by atoms with van der Waals surface area (Å²) in [5.41, 5.74) is 1.60. The molecule has 3 heteroatoms. The molecule has 0 aliphatic carbocycles. The summed E-state index contributed by atoms with van der Waals surface area (Å²) in [5.74, 6) is 6.09. The highest BCUT2D eigenvalue weighted by atomic mass is 16.1. The van der Waals surface area contributed by atoms with Gasteiger partial charge in [0.2, 0.25) is 5.91 Å². The normalized spacial score (nSPS) is 9.68. The smallest absolute Gasteiger partial charge is 0.216 e. The first-order valence-corrected chi connectivity index (χ1v) is 6.38. The number of ketones is 1. The van der Waals surface area contributed by atoms with Crippen molar-refractivity contribution >= 4 is 11.7 Å². The lowest BCUT2D eigenvalue weighted by molar-refractivity contribution is -0.118. The van der Waals surface area contributed by atoms with Crippen LogP contribution in [0.1, 0.15) is 43.1 Å². The van der Waals surface area contributed by atoms with E-state index in [-0.39, 0.29) is 17.6 Å². The molecule has 1 aromatic rings. The lowest BCUT2D eigenvalue weighted by Gasteiger charge is -2.03. The molecule has 1 rings (SSSR count). The molecule has 0 radical (unpaired) electrons. The number of hydrogen-bond acceptors (Lipinski definition) is 2. The van der Waals surface area contributed by atoms with Gasteiger partial charge in [0.15, 0.2) is 5.78 Å². The summed E-state index contributed by atoms with van der Waals surface area (Å²) in [7, 11) is 0. The van der Waals surface area contributed by atoms with E-state index in [0.29, 0.717) is 13.0 Å². The van der Waals surface area contributed by atoms with Crippen molar-refractivity contribution < 1.29 is 9.59 Å². The summed E-state index contributed by atoms with van der Waals surface area (Å²) in [6.07, 6.45) is 0.617. The van der Waals surface area contributed by atoms with Crippen molar-refractivity contribution in [1.82, 2.24) is 5.32 Å². The molecule has 0 heterocycles. The number of carbonyl (C=O) groups is 2. The molecule has 0 aliphatic rings. The molecule has 3 nitrogen and oxygen atoms in total. The molecule has 1 aromatic carbocycles. The molecule has 0 atom stereocenters. The Labute approximate surface area is 114 Å². The molecule has 0 saturated heterocycles. The monoisotopic (exact) mass is 257 g/mol. The average Bonchev–Trinajstić information content (AvgIpc) is 2.37. The van der Waals surface area contributed by atoms with Crippen molar-refractivity contribution in [2.24, 2.45) is 5.92 Å². The van der Waals surface area contributed by atoms with E-state index in [9.17, 15) is 9.59 Å². The molecule has 0 spiro atoms. The molecule has 0 saturated carbocycles. The van der Waals surface area contributed by atoms with Crippen LogP contribution in [0.5, 0.6) is 0 Å². The average molecular weight is 257 g/mol. The molecule has 19 heavy (non-hydrogen) atoms. The van der Waals surface area contributed by atoms with Gasteiger partial charge in [0, 0.05) is 36.9 Å². The van der Waals surface area contributed by atoms with Crippen LogP contribution in [0.25, 0.3) is 0 Å². The Morgan fingerprint density at radius 3 is 2.37 bits per heavy atom. The van der Waals surface area contributed by atoms with E-state index >= 15 is 0 Å². The van der Waals surface area contributed by atoms with E-state index in [1.54, 1.807) is 12.1 Å². The number of amides is 1. The maximum absolute atomic E-state index is 11.7. The second-order valence-electron chi connectivity index (χ2n) is 4.63. The molecule has 0 fully saturated rings. The fourth-order valence-electron chi connectivity index (χ4n) is 1.52. The minimum Gasteiger partial charge on any atom is -0.355 e. The van der Waals surface area contributed by atoms with E-state index < -0.39 is 0 Å². The van der Waals surface area contributed by atoms with Crippen molar-refractivity contribution in [3.8, 4) is 11.8 Å². The van der Waals surface area contributed by atoms with E-state index in [4.69, 9.17) is 0 Å². The SMILES string of the molecule is CC(=O)NCCC#Cc1ccc(C(=O)C(C)C)cc1. The molecule has 1 N–H and O–H groups in total. The number of rotatable bonds is 4. The minimum absolute atomic E-state index is 0.00888. The Morgan fingerprint density at radius 2 is 1.84 bits per heavy atom. The predicted molar refractivity (Wildman–Crippen MR) is 75.8 cm³/mol. The summed E-state index contributed by atoms with van der Waals surface area (Å²) in [6, 6.07) is 7.31. The second kappa shape index (κ2) is 7.38. The predicted octanol–water partition coefficient (Wildman–Crippen LogP) is 2.40. The van der Waals surface area contributed by atoms with Crippen LogP contribution in [-0.4, -0.2) is 18.2 Å². The highest BCUT2D eigenvalue weighted by molar-refractivity contribution is 5.97. The topological polar surface area (TPSA) is 46.2 Å². The molecular weight excluding hydrogens is 238 g/mol. The number of hydrogen-bond donors (Lipinski definition) is 1. The van der Waals surface area contributed by atoms with E-state index in [1.165, 1.54) is 6.92 Å². The molecule has 0 aromatic heterocycles. The molecule has 100 valence electrons. The summed E-state index contributed by atoms with van der Waals surface area (Å²) in [5, 5.41) is 2.68. The van der Waals surface area contributed by atoms with E-state index in [0.717, 1.165) is 11.1 Å². The fourth-order valence-corrected chi connectivity index (χ4v) is 1.52. The van der Waals surface area contributed by atoms with Crippen LogP contribution in [0.2, 0.25) is 0 Å². The van der Waals surface area contributed by atoms with Crippen LogP contribution in [0, 0.1) is 17.8 Å². The van der Waals surface area contributed by atoms with Crippen LogP contribution >= 0.6 is 0 Å². The summed E-state index contributed by atoms with van der Waals surface area (Å²) >= 11 is 0. The molecule has 0 aliphatic heterocycles. The first-order chi connectivity index (χ1) is 9.00. The largest absolute Gasteiger partial charge is 0.355 e. The van der Waals surface area contributed by atoms with Gasteiger partial charge in [0.1, 0.15) is 0 Å². The lowest BCUT2D eigenvalue weighted by Crippen LogP contribution is -2.20. The van der Waals surface area contributed by atoms with Gasteiger partial charge >= 0.3 is 0 Å². The van der Waals surface area contributed by atoms with E-state index in [2.05, 4.69) is 17.2 Å². The van der Waals surface area contributed by atoms with Gasteiger partial charge in [-0.25, -0.2) is 0 Å². The quantitative estimate of drug-likeness (QED) is 0.511. The van der Waals surface area contributed by atoms with Crippen LogP contribution < -0.4 is 5.32 Å². The minimum atomic E-state index is -0.0432. The molecule has 0 bridgehead atoms. The van der Waals surface area contributed by atoms with Crippen LogP contribution in [-0.2, 0) is 4.79 Å². The lowest BCUT2D eigenvalue weighted by atomic mass is 10.0. The van der Waals surface area contributed by atoms with Gasteiger partial charge in [-0.15, -0.1) is 0 Å². The van der Waals surface area contributed by atoms with Gasteiger partial charge in [0.25, 0.3) is 0 Å². The Balaban J connectivity index is 2.55. The van der Waals surface area contributed by atoms with Gasteiger partial charge in [-0.2, -0.15) is 0 Å². The zero-order valence-electron chi connectivity index (χ0n) is 11.6.